The molecule has 27 heavy (non-hydrogen) atoms. The Labute approximate surface area is 186 Å². The first-order valence-corrected chi connectivity index (χ1v) is 9.87. The fourth-order valence-electron chi connectivity index (χ4n) is 2.28. The van der Waals surface area contributed by atoms with E-state index in [2.05, 4.69) is 5.43 Å². The Morgan fingerprint density at radius 3 is 2.11 bits per heavy atom. The molecule has 0 aromatic heterocycles. The lowest BCUT2D eigenvalue weighted by Crippen LogP contribution is -2.61. The van der Waals surface area contributed by atoms with E-state index in [-0.39, 0.29) is 5.91 Å². The maximum absolute atomic E-state index is 12.4. The standard InChI is InChI=1S/C13H17Cl6N3O5/c1-8(23)21-5-3-2-4-9(21)22(11(25)27-7-13(17,18)19)20-10(24)26-6-12(14,15)16/h9H,2-7H2,1H3,(H,20,24). The van der Waals surface area contributed by atoms with Gasteiger partial charge < -0.3 is 14.4 Å². The number of halogens is 6. The largest absolute Gasteiger partial charge is 0.444 e. The molecule has 1 aliphatic heterocycles. The molecule has 1 aliphatic rings. The normalized spacial score (nSPS) is 17.9. The summed E-state index contributed by atoms with van der Waals surface area (Å²) in [6, 6.07) is 0. The van der Waals surface area contributed by atoms with E-state index >= 15 is 0 Å². The lowest BCUT2D eigenvalue weighted by Gasteiger charge is -2.40. The minimum atomic E-state index is -1.86. The van der Waals surface area contributed by atoms with Crippen molar-refractivity contribution in [2.45, 2.75) is 39.9 Å². The number of piperidine rings is 1. The summed E-state index contributed by atoms with van der Waals surface area (Å²) in [5, 5.41) is 0.789. The summed E-state index contributed by atoms with van der Waals surface area (Å²) in [5.74, 6) is -0.296. The van der Waals surface area contributed by atoms with Crippen LogP contribution in [0, 0.1) is 0 Å². The fraction of sp³-hybridized carbons (Fsp3) is 0.769. The highest BCUT2D eigenvalue weighted by Crippen LogP contribution is 2.27. The predicted octanol–water partition coefficient (Wildman–Crippen LogP) is 4.17. The van der Waals surface area contributed by atoms with Crippen molar-refractivity contribution < 1.29 is 23.9 Å². The van der Waals surface area contributed by atoms with E-state index in [0.717, 1.165) is 11.4 Å². The molecule has 0 aromatic rings. The predicted molar refractivity (Wildman–Crippen MR) is 103 cm³/mol. The van der Waals surface area contributed by atoms with E-state index in [1.807, 2.05) is 0 Å². The maximum Gasteiger partial charge on any atom is 0.430 e. The molecule has 1 fully saturated rings. The second kappa shape index (κ2) is 10.5. The highest BCUT2D eigenvalue weighted by Gasteiger charge is 2.36. The number of carbonyl (C=O) groups is 3. The summed E-state index contributed by atoms with van der Waals surface area (Å²) in [7, 11) is 0. The molecule has 0 spiro atoms. The molecule has 1 rings (SSSR count). The van der Waals surface area contributed by atoms with Crippen molar-refractivity contribution in [3.8, 4) is 0 Å². The molecule has 1 unspecified atom stereocenters. The second-order valence-corrected chi connectivity index (χ2v) is 10.6. The molecule has 0 aliphatic carbocycles. The summed E-state index contributed by atoms with van der Waals surface area (Å²) in [4.78, 5) is 37.7. The van der Waals surface area contributed by atoms with Crippen molar-refractivity contribution in [2.75, 3.05) is 19.8 Å². The Morgan fingerprint density at radius 1 is 1.04 bits per heavy atom. The zero-order valence-electron chi connectivity index (χ0n) is 14.0. The second-order valence-electron chi connectivity index (χ2n) is 5.53. The molecule has 0 saturated carbocycles. The molecule has 3 amide bonds. The number of nitrogens with zero attached hydrogens (tertiary/aromatic N) is 2. The van der Waals surface area contributed by atoms with Crippen LogP contribution >= 0.6 is 69.6 Å². The molecule has 8 nitrogen and oxygen atoms in total. The smallest absolute Gasteiger partial charge is 0.430 e. The van der Waals surface area contributed by atoms with Gasteiger partial charge in [-0.25, -0.2) is 15.0 Å². The third kappa shape index (κ3) is 9.67. The van der Waals surface area contributed by atoms with Crippen LogP contribution in [-0.2, 0) is 14.3 Å². The minimum Gasteiger partial charge on any atom is -0.444 e. The van der Waals surface area contributed by atoms with E-state index in [4.69, 9.17) is 79.1 Å². The van der Waals surface area contributed by atoms with E-state index in [1.165, 1.54) is 11.8 Å². The lowest BCUT2D eigenvalue weighted by atomic mass is 10.1. The average molecular weight is 508 g/mol. The number of likely N-dealkylation sites (tertiary alicyclic amines) is 1. The van der Waals surface area contributed by atoms with Gasteiger partial charge in [0.25, 0.3) is 0 Å². The highest BCUT2D eigenvalue weighted by molar-refractivity contribution is 6.68. The average Bonchev–Trinajstić information content (AvgIpc) is 2.54. The molecule has 1 heterocycles. The van der Waals surface area contributed by atoms with Crippen LogP contribution in [0.1, 0.15) is 26.2 Å². The lowest BCUT2D eigenvalue weighted by molar-refractivity contribution is -0.138. The number of hydrogen-bond donors (Lipinski definition) is 1. The highest BCUT2D eigenvalue weighted by atomic mass is 35.6. The summed E-state index contributed by atoms with van der Waals surface area (Å²) in [5.41, 5.74) is 2.18. The van der Waals surface area contributed by atoms with E-state index < -0.39 is 39.2 Å². The van der Waals surface area contributed by atoms with Crippen LogP contribution in [0.2, 0.25) is 0 Å². The van der Waals surface area contributed by atoms with Crippen LogP contribution < -0.4 is 5.43 Å². The van der Waals surface area contributed by atoms with Crippen LogP contribution in [0.3, 0.4) is 0 Å². The zero-order chi connectivity index (χ0) is 20.8. The first kappa shape index (κ1) is 24.8. The first-order valence-electron chi connectivity index (χ1n) is 7.60. The molecule has 156 valence electrons. The molecule has 1 N–H and O–H groups in total. The maximum atomic E-state index is 12.4. The van der Waals surface area contributed by atoms with Crippen molar-refractivity contribution >= 4 is 87.7 Å². The van der Waals surface area contributed by atoms with Gasteiger partial charge in [0.1, 0.15) is 19.4 Å². The van der Waals surface area contributed by atoms with Gasteiger partial charge in [-0.2, -0.15) is 5.01 Å². The van der Waals surface area contributed by atoms with Gasteiger partial charge in [0.2, 0.25) is 13.5 Å². The van der Waals surface area contributed by atoms with Gasteiger partial charge >= 0.3 is 12.2 Å². The zero-order valence-corrected chi connectivity index (χ0v) is 18.6. The topological polar surface area (TPSA) is 88.2 Å². The van der Waals surface area contributed by atoms with Crippen LogP contribution in [0.4, 0.5) is 9.59 Å². The van der Waals surface area contributed by atoms with Gasteiger partial charge in [-0.05, 0) is 19.3 Å². The number of nitrogens with one attached hydrogen (secondary N) is 1. The molecule has 0 bridgehead atoms. The van der Waals surface area contributed by atoms with Gasteiger partial charge in [0.15, 0.2) is 0 Å². The summed E-state index contributed by atoms with van der Waals surface area (Å²) < 4.78 is 5.95. The molecular weight excluding hydrogens is 491 g/mol. The number of rotatable bonds is 3. The molecule has 14 heteroatoms. The summed E-state index contributed by atoms with van der Waals surface area (Å²) >= 11 is 33.2. The van der Waals surface area contributed by atoms with E-state index in [9.17, 15) is 14.4 Å². The summed E-state index contributed by atoms with van der Waals surface area (Å²) in [6.07, 6.45) is -1.14. The molecule has 1 atom stereocenters. The molecule has 1 saturated heterocycles. The van der Waals surface area contributed by atoms with E-state index in [1.54, 1.807) is 0 Å². The Morgan fingerprint density at radius 2 is 1.59 bits per heavy atom. The van der Waals surface area contributed by atoms with Gasteiger partial charge in [0.05, 0.1) is 0 Å². The van der Waals surface area contributed by atoms with Gasteiger partial charge in [0, 0.05) is 13.5 Å². The van der Waals surface area contributed by atoms with Gasteiger partial charge in [-0.1, -0.05) is 69.6 Å². The Hall–Kier alpha value is -0.250. The number of alkyl halides is 6. The van der Waals surface area contributed by atoms with Crippen LogP contribution in [0.25, 0.3) is 0 Å². The third-order valence-corrected chi connectivity index (χ3v) is 3.96. The van der Waals surface area contributed by atoms with Crippen LogP contribution in [0.15, 0.2) is 0 Å². The molecule has 0 radical (unpaired) electrons. The monoisotopic (exact) mass is 505 g/mol. The van der Waals surface area contributed by atoms with Crippen molar-refractivity contribution in [3.63, 3.8) is 0 Å². The Kier molecular flexibility index (Phi) is 9.64. The van der Waals surface area contributed by atoms with Gasteiger partial charge in [-0.15, -0.1) is 0 Å². The number of amides is 3. The third-order valence-electron chi connectivity index (χ3n) is 3.31. The number of ether oxygens (including phenoxy) is 2. The van der Waals surface area contributed by atoms with Crippen molar-refractivity contribution in [2.24, 2.45) is 0 Å². The van der Waals surface area contributed by atoms with Crippen LogP contribution in [0.5, 0.6) is 0 Å². The number of hydrazine groups is 1. The number of carbonyl (C=O) groups excluding carboxylic acids is 3. The molecule has 0 aromatic carbocycles. The van der Waals surface area contributed by atoms with Crippen molar-refractivity contribution in [1.29, 1.82) is 0 Å². The number of hydrogen-bond acceptors (Lipinski definition) is 5. The Balaban J connectivity index is 2.92. The first-order chi connectivity index (χ1) is 12.3. The summed E-state index contributed by atoms with van der Waals surface area (Å²) in [6.45, 7) is 0.579. The van der Waals surface area contributed by atoms with Crippen molar-refractivity contribution in [3.05, 3.63) is 0 Å². The fourth-order valence-corrected chi connectivity index (χ4v) is 2.61. The SMILES string of the molecule is CC(=O)N1CCCCC1N(NC(=O)OCC(Cl)(Cl)Cl)C(=O)OCC(Cl)(Cl)Cl. The Bertz CT molecular complexity index is 554. The minimum absolute atomic E-state index is 0.296. The van der Waals surface area contributed by atoms with Crippen molar-refractivity contribution in [1.82, 2.24) is 15.3 Å². The molecular formula is C13H17Cl6N3O5. The van der Waals surface area contributed by atoms with Crippen LogP contribution in [-0.4, -0.2) is 61.5 Å². The van der Waals surface area contributed by atoms with Gasteiger partial charge in [-0.3, -0.25) is 4.79 Å². The quantitative estimate of drug-likeness (QED) is 0.457. The van der Waals surface area contributed by atoms with E-state index in [0.29, 0.717) is 19.4 Å².